The van der Waals surface area contributed by atoms with Crippen LogP contribution in [0.1, 0.15) is 30.5 Å². The van der Waals surface area contributed by atoms with Crippen LogP contribution in [0, 0.1) is 39.6 Å². The zero-order valence-electron chi connectivity index (χ0n) is 25.0. The van der Waals surface area contributed by atoms with Crippen molar-refractivity contribution in [1.82, 2.24) is 14.3 Å². The average molecular weight is 738 g/mol. The Hall–Kier alpha value is -4.18. The second-order valence-corrected chi connectivity index (χ2v) is 11.5. The van der Waals surface area contributed by atoms with Gasteiger partial charge in [0.25, 0.3) is 0 Å². The van der Waals surface area contributed by atoms with Gasteiger partial charge in [0.1, 0.15) is 0 Å². The first-order valence-corrected chi connectivity index (χ1v) is 14.5. The Morgan fingerprint density at radius 2 is 1.51 bits per heavy atom. The van der Waals surface area contributed by atoms with Crippen LogP contribution in [-0.4, -0.2) is 20.3 Å². The number of fused-ring (bicyclic) bond motifs is 6. The largest absolute Gasteiger partial charge is 3.00 e. The SMILES string of the molecule is CC(C)N1C=CN(c2[c-]c3c4ccccc4n4c5ccccc5c(c2)c34)[CH-]1.Cc1c[c-]c(-c2cc(C)c(C)cn2)cc1.[Ir+3]. The molecule has 8 rings (SSSR count). The number of para-hydroxylation sites is 2. The summed E-state index contributed by atoms with van der Waals surface area (Å²) in [7, 11) is 0. The quantitative estimate of drug-likeness (QED) is 0.169. The number of anilines is 1. The van der Waals surface area contributed by atoms with E-state index in [0.717, 1.165) is 16.9 Å². The first-order valence-electron chi connectivity index (χ1n) is 14.5. The molecule has 1 aliphatic heterocycles. The fourth-order valence-electron chi connectivity index (χ4n) is 5.73. The fourth-order valence-corrected chi connectivity index (χ4v) is 5.73. The van der Waals surface area contributed by atoms with E-state index in [1.807, 2.05) is 12.3 Å². The molecule has 0 saturated heterocycles. The predicted octanol–water partition coefficient (Wildman–Crippen LogP) is 9.23. The number of hydrogen-bond acceptors (Lipinski definition) is 3. The maximum absolute atomic E-state index is 4.41. The number of rotatable bonds is 3. The zero-order chi connectivity index (χ0) is 29.0. The van der Waals surface area contributed by atoms with Gasteiger partial charge in [-0.15, -0.1) is 52.9 Å². The van der Waals surface area contributed by atoms with Gasteiger partial charge in [0, 0.05) is 17.2 Å². The average Bonchev–Trinajstić information content (AvgIpc) is 3.71. The molecule has 7 aromatic rings. The van der Waals surface area contributed by atoms with E-state index >= 15 is 0 Å². The van der Waals surface area contributed by atoms with Crippen LogP contribution in [0.2, 0.25) is 0 Å². The van der Waals surface area contributed by atoms with E-state index in [1.54, 1.807) is 0 Å². The van der Waals surface area contributed by atoms with Crippen LogP contribution in [0.25, 0.3) is 49.4 Å². The van der Waals surface area contributed by atoms with E-state index in [2.05, 4.69) is 158 Å². The van der Waals surface area contributed by atoms with Crippen LogP contribution in [0.15, 0.2) is 97.5 Å². The summed E-state index contributed by atoms with van der Waals surface area (Å²) in [4.78, 5) is 8.79. The molecule has 0 saturated carbocycles. The van der Waals surface area contributed by atoms with Gasteiger partial charge in [-0.05, 0) is 80.4 Å². The summed E-state index contributed by atoms with van der Waals surface area (Å²) in [6.45, 7) is 12.8. The normalized spacial score (nSPS) is 13.0. The summed E-state index contributed by atoms with van der Waals surface area (Å²) >= 11 is 0. The van der Waals surface area contributed by atoms with Crippen LogP contribution in [0.3, 0.4) is 0 Å². The van der Waals surface area contributed by atoms with Gasteiger partial charge in [-0.3, -0.25) is 0 Å². The smallest absolute Gasteiger partial charge is 0.506 e. The minimum absolute atomic E-state index is 0. The van der Waals surface area contributed by atoms with E-state index < -0.39 is 0 Å². The van der Waals surface area contributed by atoms with Crippen molar-refractivity contribution in [2.24, 2.45) is 0 Å². The molecular weight excluding hydrogens is 705 g/mol. The second kappa shape index (κ2) is 11.5. The Morgan fingerprint density at radius 3 is 2.19 bits per heavy atom. The Morgan fingerprint density at radius 1 is 0.791 bits per heavy atom. The first-order chi connectivity index (χ1) is 20.4. The standard InChI is InChI=1S/C24H19N3.C14H14N.Ir/c1-16(2)25-11-12-26(15-25)17-13-20-18-7-3-5-9-22(18)27-23-10-6-4-8-19(23)21(14-17)24(20)27;1-10-4-6-13(7-5-10)14-8-11(2)12(3)9-15-14;/h3-13,15-16H,1-2H3;4-6,8-9H,1-3H3;/q-2;-1;+3. The van der Waals surface area contributed by atoms with Gasteiger partial charge in [0.2, 0.25) is 0 Å². The van der Waals surface area contributed by atoms with Crippen LogP contribution >= 0.6 is 0 Å². The Kier molecular flexibility index (Phi) is 7.72. The first kappa shape index (κ1) is 28.9. The molecule has 0 spiro atoms. The van der Waals surface area contributed by atoms with E-state index in [-0.39, 0.29) is 20.1 Å². The van der Waals surface area contributed by atoms with Crippen molar-refractivity contribution in [3.8, 4) is 11.3 Å². The van der Waals surface area contributed by atoms with E-state index in [0.29, 0.717) is 6.04 Å². The van der Waals surface area contributed by atoms with Crippen molar-refractivity contribution in [3.63, 3.8) is 0 Å². The van der Waals surface area contributed by atoms with Crippen LogP contribution < -0.4 is 4.90 Å². The molecule has 4 aromatic carbocycles. The summed E-state index contributed by atoms with van der Waals surface area (Å²) in [5, 5.41) is 5.03. The monoisotopic (exact) mass is 738 g/mol. The summed E-state index contributed by atoms with van der Waals surface area (Å²) in [5.41, 5.74) is 10.6. The Bertz CT molecular complexity index is 2000. The van der Waals surface area contributed by atoms with Crippen molar-refractivity contribution in [1.29, 1.82) is 0 Å². The van der Waals surface area contributed by atoms with Crippen LogP contribution in [0.4, 0.5) is 5.69 Å². The molecule has 4 heterocycles. The third-order valence-electron chi connectivity index (χ3n) is 8.25. The van der Waals surface area contributed by atoms with E-state index in [1.165, 1.54) is 54.8 Å². The third-order valence-corrected chi connectivity index (χ3v) is 8.25. The van der Waals surface area contributed by atoms with Crippen LogP contribution in [-0.2, 0) is 20.1 Å². The molecule has 0 N–H and O–H groups in total. The number of hydrogen-bond donors (Lipinski definition) is 0. The molecule has 0 amide bonds. The van der Waals surface area contributed by atoms with Gasteiger partial charge in [-0.25, -0.2) is 0 Å². The maximum atomic E-state index is 4.41. The molecule has 0 atom stereocenters. The number of aromatic nitrogens is 2. The second-order valence-electron chi connectivity index (χ2n) is 11.5. The molecule has 3 aromatic heterocycles. The summed E-state index contributed by atoms with van der Waals surface area (Å²) in [6, 6.07) is 35.2. The molecule has 43 heavy (non-hydrogen) atoms. The zero-order valence-corrected chi connectivity index (χ0v) is 27.4. The molecule has 0 aliphatic carbocycles. The van der Waals surface area contributed by atoms with Crippen molar-refractivity contribution in [2.45, 2.75) is 40.7 Å². The van der Waals surface area contributed by atoms with E-state index in [9.17, 15) is 0 Å². The van der Waals surface area contributed by atoms with Crippen molar-refractivity contribution in [3.05, 3.63) is 133 Å². The topological polar surface area (TPSA) is 23.8 Å². The minimum Gasteiger partial charge on any atom is -0.506 e. The summed E-state index contributed by atoms with van der Waals surface area (Å²) in [5.74, 6) is 0. The number of pyridine rings is 1. The van der Waals surface area contributed by atoms with Gasteiger partial charge in [0.15, 0.2) is 0 Å². The molecule has 1 aliphatic rings. The predicted molar refractivity (Wildman–Crippen MR) is 176 cm³/mol. The maximum Gasteiger partial charge on any atom is 3.00 e. The van der Waals surface area contributed by atoms with Gasteiger partial charge >= 0.3 is 20.1 Å². The van der Waals surface area contributed by atoms with Gasteiger partial charge in [0.05, 0.1) is 0 Å². The molecule has 214 valence electrons. The molecular formula is C38H33IrN4. The molecule has 5 heteroatoms. The molecule has 0 unspecified atom stereocenters. The minimum atomic E-state index is 0. The number of aryl methyl sites for hydroxylation is 3. The van der Waals surface area contributed by atoms with Crippen molar-refractivity contribution in [2.75, 3.05) is 4.90 Å². The molecule has 0 bridgehead atoms. The summed E-state index contributed by atoms with van der Waals surface area (Å²) in [6.07, 6.45) is 6.15. The van der Waals surface area contributed by atoms with Crippen molar-refractivity contribution < 1.29 is 20.1 Å². The molecule has 0 radical (unpaired) electrons. The summed E-state index contributed by atoms with van der Waals surface area (Å²) < 4.78 is 2.39. The van der Waals surface area contributed by atoms with Gasteiger partial charge in [-0.2, -0.15) is 6.67 Å². The number of benzene rings is 4. The van der Waals surface area contributed by atoms with E-state index in [4.69, 9.17) is 0 Å². The van der Waals surface area contributed by atoms with Crippen molar-refractivity contribution >= 4 is 43.8 Å². The van der Waals surface area contributed by atoms with Crippen LogP contribution in [0.5, 0.6) is 0 Å². The number of nitrogens with zero attached hydrogens (tertiary/aromatic N) is 4. The fraction of sp³-hybridized carbons (Fsp3) is 0.158. The Balaban J connectivity index is 0.000000176. The van der Waals surface area contributed by atoms with Gasteiger partial charge in [-0.1, -0.05) is 71.4 Å². The molecule has 4 nitrogen and oxygen atoms in total. The molecule has 0 fully saturated rings. The van der Waals surface area contributed by atoms with Gasteiger partial charge < -0.3 is 19.2 Å². The Labute approximate surface area is 267 Å². The third kappa shape index (κ3) is 5.07.